The quantitative estimate of drug-likeness (QED) is 0.818. The second-order valence-corrected chi connectivity index (χ2v) is 5.52. The Labute approximate surface area is 134 Å². The summed E-state index contributed by atoms with van der Waals surface area (Å²) < 4.78 is 11.0. The van der Waals surface area contributed by atoms with Crippen LogP contribution in [0.25, 0.3) is 11.5 Å². The number of halogens is 1. The summed E-state index contributed by atoms with van der Waals surface area (Å²) in [6, 6.07) is 7.44. The van der Waals surface area contributed by atoms with Gasteiger partial charge < -0.3 is 14.5 Å². The second kappa shape index (κ2) is 7.69. The third kappa shape index (κ3) is 4.04. The summed E-state index contributed by atoms with van der Waals surface area (Å²) in [5.41, 5.74) is 0.760. The van der Waals surface area contributed by atoms with Crippen LogP contribution in [0.5, 0.6) is 0 Å². The molecule has 6 nitrogen and oxygen atoms in total. The van der Waals surface area contributed by atoms with Gasteiger partial charge in [-0.3, -0.25) is 4.90 Å². The van der Waals surface area contributed by atoms with Gasteiger partial charge in [-0.1, -0.05) is 23.7 Å². The van der Waals surface area contributed by atoms with Crippen molar-refractivity contribution in [3.05, 3.63) is 35.2 Å². The lowest BCUT2D eigenvalue weighted by molar-refractivity contribution is 0.0383. The Kier molecular flexibility index (Phi) is 5.39. The molecular weight excluding hydrogens is 304 g/mol. The molecule has 0 atom stereocenters. The molecule has 2 heterocycles. The van der Waals surface area contributed by atoms with Gasteiger partial charge in [0.05, 0.1) is 30.3 Å². The van der Waals surface area contributed by atoms with E-state index in [4.69, 9.17) is 20.8 Å². The minimum Gasteiger partial charge on any atom is -0.419 e. The summed E-state index contributed by atoms with van der Waals surface area (Å²) in [5, 5.41) is 12.0. The van der Waals surface area contributed by atoms with Crippen molar-refractivity contribution < 1.29 is 9.15 Å². The Morgan fingerprint density at radius 1 is 1.18 bits per heavy atom. The van der Waals surface area contributed by atoms with Crippen molar-refractivity contribution in [1.29, 1.82) is 0 Å². The smallest absolute Gasteiger partial charge is 0.249 e. The van der Waals surface area contributed by atoms with Crippen LogP contribution in [0.3, 0.4) is 0 Å². The molecule has 1 aliphatic rings. The third-order valence-electron chi connectivity index (χ3n) is 3.56. The number of morpholine rings is 1. The van der Waals surface area contributed by atoms with E-state index < -0.39 is 0 Å². The lowest BCUT2D eigenvalue weighted by Crippen LogP contribution is -2.40. The summed E-state index contributed by atoms with van der Waals surface area (Å²) in [6.45, 7) is 6.08. The van der Waals surface area contributed by atoms with E-state index >= 15 is 0 Å². The summed E-state index contributed by atoms with van der Waals surface area (Å²) in [6.07, 6.45) is 0. The number of rotatable bonds is 6. The lowest BCUT2D eigenvalue weighted by atomic mass is 10.2. The molecule has 1 N–H and O–H groups in total. The van der Waals surface area contributed by atoms with Gasteiger partial charge in [-0.2, -0.15) is 0 Å². The van der Waals surface area contributed by atoms with Crippen LogP contribution in [0.2, 0.25) is 5.02 Å². The molecule has 1 aliphatic heterocycles. The van der Waals surface area contributed by atoms with Crippen molar-refractivity contribution in [1.82, 2.24) is 20.4 Å². The molecule has 1 aromatic heterocycles. The maximum atomic E-state index is 6.12. The Morgan fingerprint density at radius 3 is 2.82 bits per heavy atom. The lowest BCUT2D eigenvalue weighted by Gasteiger charge is -2.26. The maximum absolute atomic E-state index is 6.12. The molecule has 0 spiro atoms. The summed E-state index contributed by atoms with van der Waals surface area (Å²) in [4.78, 5) is 2.37. The van der Waals surface area contributed by atoms with Gasteiger partial charge in [-0.05, 0) is 12.1 Å². The van der Waals surface area contributed by atoms with Crippen LogP contribution >= 0.6 is 11.6 Å². The first-order chi connectivity index (χ1) is 10.8. The molecule has 0 bridgehead atoms. The first kappa shape index (κ1) is 15.4. The Morgan fingerprint density at radius 2 is 2.00 bits per heavy atom. The Bertz CT molecular complexity index is 599. The maximum Gasteiger partial charge on any atom is 0.249 e. The monoisotopic (exact) mass is 322 g/mol. The standard InChI is InChI=1S/C15H19ClN4O2/c16-13-4-2-1-3-12(13)15-19-18-14(22-15)11-17-5-6-20-7-9-21-10-8-20/h1-4,17H,5-11H2. The molecule has 0 saturated carbocycles. The van der Waals surface area contributed by atoms with Crippen LogP contribution in [-0.2, 0) is 11.3 Å². The number of aromatic nitrogens is 2. The van der Waals surface area contributed by atoms with E-state index in [1.54, 1.807) is 6.07 Å². The fraction of sp³-hybridized carbons (Fsp3) is 0.467. The van der Waals surface area contributed by atoms with Gasteiger partial charge in [0.15, 0.2) is 0 Å². The van der Waals surface area contributed by atoms with Crippen LogP contribution in [0, 0.1) is 0 Å². The Balaban J connectivity index is 1.47. The van der Waals surface area contributed by atoms with Crippen molar-refractivity contribution in [2.75, 3.05) is 39.4 Å². The predicted molar refractivity (Wildman–Crippen MR) is 83.7 cm³/mol. The van der Waals surface area contributed by atoms with Gasteiger partial charge in [-0.15, -0.1) is 10.2 Å². The number of hydrogen-bond acceptors (Lipinski definition) is 6. The molecule has 1 aromatic carbocycles. The van der Waals surface area contributed by atoms with Crippen molar-refractivity contribution in [3.63, 3.8) is 0 Å². The van der Waals surface area contributed by atoms with Crippen molar-refractivity contribution in [3.8, 4) is 11.5 Å². The minimum absolute atomic E-state index is 0.454. The van der Waals surface area contributed by atoms with E-state index in [1.165, 1.54) is 0 Å². The van der Waals surface area contributed by atoms with Crippen LogP contribution in [0.1, 0.15) is 5.89 Å². The third-order valence-corrected chi connectivity index (χ3v) is 3.89. The number of benzene rings is 1. The zero-order chi connectivity index (χ0) is 15.2. The molecule has 0 unspecified atom stereocenters. The van der Waals surface area contributed by atoms with Crippen LogP contribution in [0.4, 0.5) is 0 Å². The normalized spacial score (nSPS) is 16.0. The largest absolute Gasteiger partial charge is 0.419 e. The van der Waals surface area contributed by atoms with E-state index in [0.717, 1.165) is 45.0 Å². The van der Waals surface area contributed by atoms with E-state index in [9.17, 15) is 0 Å². The fourth-order valence-corrected chi connectivity index (χ4v) is 2.54. The molecule has 1 fully saturated rings. The van der Waals surface area contributed by atoms with Gasteiger partial charge in [0.1, 0.15) is 0 Å². The Hall–Kier alpha value is -1.47. The first-order valence-corrected chi connectivity index (χ1v) is 7.79. The highest BCUT2D eigenvalue weighted by atomic mass is 35.5. The topological polar surface area (TPSA) is 63.4 Å². The highest BCUT2D eigenvalue weighted by molar-refractivity contribution is 6.33. The molecule has 1 saturated heterocycles. The average molecular weight is 323 g/mol. The van der Waals surface area contributed by atoms with Crippen LogP contribution in [-0.4, -0.2) is 54.5 Å². The molecule has 0 amide bonds. The van der Waals surface area contributed by atoms with Crippen LogP contribution in [0.15, 0.2) is 28.7 Å². The average Bonchev–Trinajstić information content (AvgIpc) is 3.02. The number of hydrogen-bond donors (Lipinski definition) is 1. The van der Waals surface area contributed by atoms with E-state index in [-0.39, 0.29) is 0 Å². The van der Waals surface area contributed by atoms with Gasteiger partial charge in [0.25, 0.3) is 0 Å². The van der Waals surface area contributed by atoms with Crippen molar-refractivity contribution in [2.45, 2.75) is 6.54 Å². The SMILES string of the molecule is Clc1ccccc1-c1nnc(CNCCN2CCOCC2)o1. The molecule has 3 rings (SSSR count). The highest BCUT2D eigenvalue weighted by Gasteiger charge is 2.12. The summed E-state index contributed by atoms with van der Waals surface area (Å²) >= 11 is 6.12. The molecule has 22 heavy (non-hydrogen) atoms. The number of ether oxygens (including phenoxy) is 1. The van der Waals surface area contributed by atoms with Crippen LogP contribution < -0.4 is 5.32 Å². The predicted octanol–water partition coefficient (Wildman–Crippen LogP) is 1.81. The fourth-order valence-electron chi connectivity index (χ4n) is 2.33. The van der Waals surface area contributed by atoms with Crippen molar-refractivity contribution >= 4 is 11.6 Å². The van der Waals surface area contributed by atoms with Gasteiger partial charge in [0.2, 0.25) is 11.8 Å². The summed E-state index contributed by atoms with van der Waals surface area (Å²) in [5.74, 6) is 1.02. The zero-order valence-corrected chi connectivity index (χ0v) is 13.1. The second-order valence-electron chi connectivity index (χ2n) is 5.11. The molecule has 2 aromatic rings. The van der Waals surface area contributed by atoms with E-state index in [2.05, 4.69) is 20.4 Å². The van der Waals surface area contributed by atoms with Gasteiger partial charge in [-0.25, -0.2) is 0 Å². The zero-order valence-electron chi connectivity index (χ0n) is 12.3. The minimum atomic E-state index is 0.454. The molecular formula is C15H19ClN4O2. The summed E-state index contributed by atoms with van der Waals surface area (Å²) in [7, 11) is 0. The van der Waals surface area contributed by atoms with Gasteiger partial charge >= 0.3 is 0 Å². The van der Waals surface area contributed by atoms with E-state index in [1.807, 2.05) is 18.2 Å². The molecule has 0 radical (unpaired) electrons. The molecule has 118 valence electrons. The molecule has 0 aliphatic carbocycles. The van der Waals surface area contributed by atoms with Gasteiger partial charge in [0, 0.05) is 26.2 Å². The first-order valence-electron chi connectivity index (χ1n) is 7.41. The highest BCUT2D eigenvalue weighted by Crippen LogP contribution is 2.25. The number of nitrogens with zero attached hydrogens (tertiary/aromatic N) is 3. The van der Waals surface area contributed by atoms with Crippen molar-refractivity contribution in [2.24, 2.45) is 0 Å². The molecule has 7 heteroatoms. The van der Waals surface area contributed by atoms with E-state index in [0.29, 0.717) is 23.3 Å². The number of nitrogens with one attached hydrogen (secondary N) is 1.